The topological polar surface area (TPSA) is 12.0 Å². The van der Waals surface area contributed by atoms with Gasteiger partial charge in [-0.15, -0.1) is 0 Å². The maximum Gasteiger partial charge on any atom is 0.00252 e. The Morgan fingerprint density at radius 1 is 1.19 bits per heavy atom. The lowest BCUT2D eigenvalue weighted by Gasteiger charge is -2.57. The molecule has 1 heteroatoms. The molecule has 4 aliphatic rings. The van der Waals surface area contributed by atoms with Crippen LogP contribution in [0.25, 0.3) is 0 Å². The summed E-state index contributed by atoms with van der Waals surface area (Å²) in [6, 6.07) is 9.30. The van der Waals surface area contributed by atoms with Gasteiger partial charge in [0.25, 0.3) is 0 Å². The van der Waals surface area contributed by atoms with Gasteiger partial charge in [-0.2, -0.15) is 0 Å². The number of allylic oxidation sites excluding steroid dienone is 4. The van der Waals surface area contributed by atoms with Crippen molar-refractivity contribution in [2.24, 2.45) is 11.8 Å². The van der Waals surface area contributed by atoms with Gasteiger partial charge in [-0.05, 0) is 68.2 Å². The summed E-state index contributed by atoms with van der Waals surface area (Å²) >= 11 is 0. The average Bonchev–Trinajstić information content (AvgIpc) is 2.56. The summed E-state index contributed by atoms with van der Waals surface area (Å²) < 4.78 is 0. The van der Waals surface area contributed by atoms with Gasteiger partial charge in [-0.1, -0.05) is 48.6 Å². The zero-order chi connectivity index (χ0) is 14.3. The summed E-state index contributed by atoms with van der Waals surface area (Å²) in [6.45, 7) is 1.13. The lowest BCUT2D eigenvalue weighted by Crippen LogP contribution is -2.50. The highest BCUT2D eigenvalue weighted by Gasteiger charge is 2.53. The Hall–Kier alpha value is -1.34. The number of fused-ring (bicyclic) bond motifs is 1. The van der Waals surface area contributed by atoms with Crippen LogP contribution in [0.2, 0.25) is 0 Å². The number of hydrogen-bond acceptors (Lipinski definition) is 1. The van der Waals surface area contributed by atoms with E-state index in [1.807, 2.05) is 0 Å². The van der Waals surface area contributed by atoms with Gasteiger partial charge in [-0.3, -0.25) is 0 Å². The minimum atomic E-state index is 0.383. The first-order valence-corrected chi connectivity index (χ1v) is 8.46. The third-order valence-electron chi connectivity index (χ3n) is 6.13. The summed E-state index contributed by atoms with van der Waals surface area (Å²) in [5, 5.41) is 3.33. The summed E-state index contributed by atoms with van der Waals surface area (Å²) in [5.41, 5.74) is 3.70. The molecule has 1 saturated carbocycles. The summed E-state index contributed by atoms with van der Waals surface area (Å²) in [6.07, 6.45) is 14.9. The van der Waals surface area contributed by atoms with Gasteiger partial charge in [-0.25, -0.2) is 0 Å². The monoisotopic (exact) mass is 279 g/mol. The number of nitrogens with one attached hydrogen (secondary N) is 1. The largest absolute Gasteiger partial charge is 0.320 e. The van der Waals surface area contributed by atoms with Crippen molar-refractivity contribution in [2.75, 3.05) is 13.6 Å². The second kappa shape index (κ2) is 5.14. The molecule has 1 aromatic rings. The minimum absolute atomic E-state index is 0.383. The standard InChI is InChI=1S/C20H25N/c1-21-14-6-12-20-13-11-15(16-7-2-4-9-18(16)20)17-8-3-5-10-19(17)20/h2-5,7-10,15-16,18,21H,6,11-14H2,1H3. The van der Waals surface area contributed by atoms with E-state index in [4.69, 9.17) is 0 Å². The number of benzene rings is 1. The molecule has 4 aliphatic carbocycles. The zero-order valence-electron chi connectivity index (χ0n) is 12.9. The molecule has 0 heterocycles. The lowest BCUT2D eigenvalue weighted by atomic mass is 9.47. The Morgan fingerprint density at radius 2 is 2.05 bits per heavy atom. The van der Waals surface area contributed by atoms with Crippen molar-refractivity contribution in [1.29, 1.82) is 0 Å². The Bertz CT molecular complexity index is 585. The SMILES string of the molecule is CNCCCC12CCC(c3ccccc31)C1C=CC=CC12. The lowest BCUT2D eigenvalue weighted by molar-refractivity contribution is 0.116. The van der Waals surface area contributed by atoms with E-state index in [9.17, 15) is 0 Å². The molecule has 0 aliphatic heterocycles. The van der Waals surface area contributed by atoms with Gasteiger partial charge in [0.15, 0.2) is 0 Å². The van der Waals surface area contributed by atoms with Crippen LogP contribution in [0.1, 0.15) is 42.7 Å². The van der Waals surface area contributed by atoms with Crippen molar-refractivity contribution >= 4 is 0 Å². The second-order valence-corrected chi connectivity index (χ2v) is 6.97. The van der Waals surface area contributed by atoms with E-state index in [0.717, 1.165) is 18.4 Å². The maximum absolute atomic E-state index is 3.33. The Kier molecular flexibility index (Phi) is 3.26. The summed E-state index contributed by atoms with van der Waals surface area (Å²) in [7, 11) is 2.06. The highest BCUT2D eigenvalue weighted by Crippen LogP contribution is 2.62. The van der Waals surface area contributed by atoms with E-state index in [2.05, 4.69) is 60.9 Å². The Morgan fingerprint density at radius 3 is 2.95 bits per heavy atom. The normalized spacial score (nSPS) is 35.6. The van der Waals surface area contributed by atoms with Crippen LogP contribution in [0.4, 0.5) is 0 Å². The maximum atomic E-state index is 3.33. The molecule has 5 rings (SSSR count). The van der Waals surface area contributed by atoms with Gasteiger partial charge >= 0.3 is 0 Å². The van der Waals surface area contributed by atoms with Crippen molar-refractivity contribution < 1.29 is 0 Å². The van der Waals surface area contributed by atoms with Crippen LogP contribution in [-0.2, 0) is 5.41 Å². The molecule has 0 spiro atoms. The predicted octanol–water partition coefficient (Wildman–Crippen LogP) is 4.17. The van der Waals surface area contributed by atoms with Crippen molar-refractivity contribution in [3.05, 3.63) is 59.7 Å². The van der Waals surface area contributed by atoms with Crippen LogP contribution >= 0.6 is 0 Å². The number of rotatable bonds is 4. The molecule has 1 N–H and O–H groups in total. The molecular formula is C20H25N. The molecule has 0 radical (unpaired) electrons. The molecule has 4 atom stereocenters. The first kappa shape index (κ1) is 13.3. The van der Waals surface area contributed by atoms with Crippen LogP contribution in [-0.4, -0.2) is 13.6 Å². The first-order chi connectivity index (χ1) is 10.4. The van der Waals surface area contributed by atoms with Crippen LogP contribution in [0.15, 0.2) is 48.6 Å². The van der Waals surface area contributed by atoms with Crippen LogP contribution < -0.4 is 5.32 Å². The summed E-state index contributed by atoms with van der Waals surface area (Å²) in [5.74, 6) is 2.19. The van der Waals surface area contributed by atoms with Crippen LogP contribution in [0, 0.1) is 11.8 Å². The van der Waals surface area contributed by atoms with Gasteiger partial charge in [0.2, 0.25) is 0 Å². The smallest absolute Gasteiger partial charge is 0.00252 e. The molecule has 2 bridgehead atoms. The highest BCUT2D eigenvalue weighted by atomic mass is 14.8. The van der Waals surface area contributed by atoms with E-state index >= 15 is 0 Å². The molecule has 0 amide bonds. The van der Waals surface area contributed by atoms with Crippen LogP contribution in [0.5, 0.6) is 0 Å². The molecule has 0 aromatic heterocycles. The summed E-state index contributed by atoms with van der Waals surface area (Å²) in [4.78, 5) is 0. The van der Waals surface area contributed by atoms with E-state index in [0.29, 0.717) is 11.3 Å². The molecule has 1 fully saturated rings. The van der Waals surface area contributed by atoms with Crippen molar-refractivity contribution in [1.82, 2.24) is 5.32 Å². The van der Waals surface area contributed by atoms with Gasteiger partial charge in [0.05, 0.1) is 0 Å². The van der Waals surface area contributed by atoms with Crippen LogP contribution in [0.3, 0.4) is 0 Å². The fourth-order valence-corrected chi connectivity index (χ4v) is 5.29. The van der Waals surface area contributed by atoms with E-state index in [1.165, 1.54) is 25.7 Å². The third kappa shape index (κ3) is 1.87. The van der Waals surface area contributed by atoms with Gasteiger partial charge in [0.1, 0.15) is 0 Å². The number of hydrogen-bond donors (Lipinski definition) is 1. The Balaban J connectivity index is 1.80. The predicted molar refractivity (Wildman–Crippen MR) is 88.5 cm³/mol. The van der Waals surface area contributed by atoms with Gasteiger partial charge in [0, 0.05) is 5.41 Å². The molecule has 0 saturated heterocycles. The average molecular weight is 279 g/mol. The van der Waals surface area contributed by atoms with Crippen molar-refractivity contribution in [2.45, 2.75) is 37.0 Å². The zero-order valence-corrected chi connectivity index (χ0v) is 12.9. The quantitative estimate of drug-likeness (QED) is 0.816. The van der Waals surface area contributed by atoms with E-state index in [1.54, 1.807) is 11.1 Å². The molecule has 4 unspecified atom stereocenters. The third-order valence-corrected chi connectivity index (χ3v) is 6.13. The molecule has 110 valence electrons. The molecule has 1 aromatic carbocycles. The molecule has 21 heavy (non-hydrogen) atoms. The fourth-order valence-electron chi connectivity index (χ4n) is 5.29. The second-order valence-electron chi connectivity index (χ2n) is 6.97. The first-order valence-electron chi connectivity index (χ1n) is 8.46. The van der Waals surface area contributed by atoms with E-state index in [-0.39, 0.29) is 0 Å². The molecular weight excluding hydrogens is 254 g/mol. The molecule has 1 nitrogen and oxygen atoms in total. The van der Waals surface area contributed by atoms with Gasteiger partial charge < -0.3 is 5.32 Å². The minimum Gasteiger partial charge on any atom is -0.320 e. The highest BCUT2D eigenvalue weighted by molar-refractivity contribution is 5.47. The fraction of sp³-hybridized carbons (Fsp3) is 0.500. The van der Waals surface area contributed by atoms with Crippen molar-refractivity contribution in [3.8, 4) is 0 Å². The Labute approximate surface area is 128 Å². The van der Waals surface area contributed by atoms with Crippen molar-refractivity contribution in [3.63, 3.8) is 0 Å². The van der Waals surface area contributed by atoms with E-state index < -0.39 is 0 Å².